The molecule has 0 amide bonds. The molecule has 0 aromatic carbocycles. The van der Waals surface area contributed by atoms with Crippen LogP contribution in [0.2, 0.25) is 0 Å². The summed E-state index contributed by atoms with van der Waals surface area (Å²) in [6.07, 6.45) is 3.06. The van der Waals surface area contributed by atoms with Crippen molar-refractivity contribution < 1.29 is 9.90 Å². The number of rotatable bonds is 5. The van der Waals surface area contributed by atoms with Gasteiger partial charge in [0.05, 0.1) is 5.76 Å². The Morgan fingerprint density at radius 3 is 2.08 bits per heavy atom. The van der Waals surface area contributed by atoms with Crippen molar-refractivity contribution in [2.45, 2.75) is 40.5 Å². The molecule has 2 atom stereocenters. The number of carbonyl (C=O) groups excluding carboxylic acids is 1. The van der Waals surface area contributed by atoms with E-state index in [1.165, 1.54) is 6.08 Å². The van der Waals surface area contributed by atoms with Crippen LogP contribution >= 0.6 is 0 Å². The van der Waals surface area contributed by atoms with Crippen LogP contribution in [0.1, 0.15) is 40.5 Å². The molecule has 0 spiro atoms. The van der Waals surface area contributed by atoms with Crippen molar-refractivity contribution in [3.05, 3.63) is 11.8 Å². The highest BCUT2D eigenvalue weighted by Gasteiger charge is 2.11. The molecule has 2 nitrogen and oxygen atoms in total. The van der Waals surface area contributed by atoms with E-state index in [0.717, 1.165) is 12.8 Å². The van der Waals surface area contributed by atoms with Gasteiger partial charge in [0.2, 0.25) is 0 Å². The minimum atomic E-state index is 0.0196. The molecule has 0 bridgehead atoms. The summed E-state index contributed by atoms with van der Waals surface area (Å²) in [6, 6.07) is 0. The van der Waals surface area contributed by atoms with E-state index in [2.05, 4.69) is 0 Å². The third-order valence-corrected chi connectivity index (χ3v) is 2.51. The molecule has 0 fully saturated rings. The van der Waals surface area contributed by atoms with Crippen molar-refractivity contribution in [2.75, 3.05) is 0 Å². The SMILES string of the molecule is CCC(C)C(=O)C=C(O)C(C)CC. The first-order valence-corrected chi connectivity index (χ1v) is 4.97. The summed E-state index contributed by atoms with van der Waals surface area (Å²) in [4.78, 5) is 11.4. The first-order chi connectivity index (χ1) is 6.02. The Morgan fingerprint density at radius 1 is 1.23 bits per heavy atom. The maximum Gasteiger partial charge on any atom is 0.161 e. The van der Waals surface area contributed by atoms with Gasteiger partial charge < -0.3 is 5.11 Å². The van der Waals surface area contributed by atoms with Gasteiger partial charge in [-0.2, -0.15) is 0 Å². The second-order valence-electron chi connectivity index (χ2n) is 3.59. The zero-order chi connectivity index (χ0) is 10.4. The molecule has 0 aliphatic heterocycles. The largest absolute Gasteiger partial charge is 0.512 e. The van der Waals surface area contributed by atoms with Crippen LogP contribution in [-0.4, -0.2) is 10.9 Å². The van der Waals surface area contributed by atoms with Crippen LogP contribution in [0.25, 0.3) is 0 Å². The van der Waals surface area contributed by atoms with E-state index in [1.807, 2.05) is 27.7 Å². The highest BCUT2D eigenvalue weighted by atomic mass is 16.3. The molecule has 2 heteroatoms. The fraction of sp³-hybridized carbons (Fsp3) is 0.727. The predicted molar refractivity (Wildman–Crippen MR) is 54.6 cm³/mol. The monoisotopic (exact) mass is 184 g/mol. The van der Waals surface area contributed by atoms with Crippen LogP contribution < -0.4 is 0 Å². The maximum atomic E-state index is 11.4. The summed E-state index contributed by atoms with van der Waals surface area (Å²) < 4.78 is 0. The van der Waals surface area contributed by atoms with Gasteiger partial charge in [0.25, 0.3) is 0 Å². The van der Waals surface area contributed by atoms with Crippen LogP contribution in [0, 0.1) is 11.8 Å². The molecule has 0 aromatic heterocycles. The van der Waals surface area contributed by atoms with Crippen molar-refractivity contribution in [1.82, 2.24) is 0 Å². The van der Waals surface area contributed by atoms with Crippen molar-refractivity contribution in [3.8, 4) is 0 Å². The van der Waals surface area contributed by atoms with Gasteiger partial charge in [-0.1, -0.05) is 27.7 Å². The van der Waals surface area contributed by atoms with Crippen LogP contribution in [0.3, 0.4) is 0 Å². The third kappa shape index (κ3) is 4.11. The number of hydrogen-bond acceptors (Lipinski definition) is 2. The summed E-state index contributed by atoms with van der Waals surface area (Å²) in [7, 11) is 0. The minimum Gasteiger partial charge on any atom is -0.512 e. The number of carbonyl (C=O) groups is 1. The van der Waals surface area contributed by atoms with E-state index >= 15 is 0 Å². The van der Waals surface area contributed by atoms with Gasteiger partial charge in [-0.15, -0.1) is 0 Å². The van der Waals surface area contributed by atoms with Gasteiger partial charge in [-0.3, -0.25) is 4.79 Å². The highest BCUT2D eigenvalue weighted by molar-refractivity contribution is 5.91. The second-order valence-corrected chi connectivity index (χ2v) is 3.59. The minimum absolute atomic E-state index is 0.0196. The van der Waals surface area contributed by atoms with Crippen LogP contribution in [0.15, 0.2) is 11.8 Å². The molecule has 0 saturated heterocycles. The van der Waals surface area contributed by atoms with Crippen molar-refractivity contribution >= 4 is 5.78 Å². The fourth-order valence-electron chi connectivity index (χ4n) is 0.841. The lowest BCUT2D eigenvalue weighted by Crippen LogP contribution is -2.09. The standard InChI is InChI=1S/C11H20O2/c1-5-8(3)10(12)7-11(13)9(4)6-2/h7-9,12H,5-6H2,1-4H3. The topological polar surface area (TPSA) is 37.3 Å². The van der Waals surface area contributed by atoms with E-state index in [4.69, 9.17) is 0 Å². The maximum absolute atomic E-state index is 11.4. The lowest BCUT2D eigenvalue weighted by atomic mass is 10.00. The Labute approximate surface area is 80.7 Å². The number of allylic oxidation sites excluding steroid dienone is 2. The van der Waals surface area contributed by atoms with Gasteiger partial charge in [-0.25, -0.2) is 0 Å². The first-order valence-electron chi connectivity index (χ1n) is 4.97. The molecule has 0 aromatic rings. The van der Waals surface area contributed by atoms with E-state index in [1.54, 1.807) is 0 Å². The summed E-state index contributed by atoms with van der Waals surface area (Å²) >= 11 is 0. The second kappa shape index (κ2) is 5.79. The molecule has 76 valence electrons. The van der Waals surface area contributed by atoms with Crippen molar-refractivity contribution in [3.63, 3.8) is 0 Å². The molecule has 1 N–H and O–H groups in total. The lowest BCUT2D eigenvalue weighted by molar-refractivity contribution is -0.118. The van der Waals surface area contributed by atoms with E-state index in [0.29, 0.717) is 0 Å². The summed E-state index contributed by atoms with van der Waals surface area (Å²) in [5.74, 6) is 0.354. The smallest absolute Gasteiger partial charge is 0.161 e. The molecule has 13 heavy (non-hydrogen) atoms. The highest BCUT2D eigenvalue weighted by Crippen LogP contribution is 2.13. The van der Waals surface area contributed by atoms with Gasteiger partial charge in [0.15, 0.2) is 5.78 Å². The normalized spacial score (nSPS) is 16.8. The van der Waals surface area contributed by atoms with E-state index in [-0.39, 0.29) is 23.4 Å². The lowest BCUT2D eigenvalue weighted by Gasteiger charge is -2.08. The van der Waals surface area contributed by atoms with Crippen LogP contribution in [0.4, 0.5) is 0 Å². The summed E-state index contributed by atoms with van der Waals surface area (Å²) in [5, 5.41) is 9.47. The Hall–Kier alpha value is -0.790. The molecule has 0 aliphatic rings. The summed E-state index contributed by atoms with van der Waals surface area (Å²) in [6.45, 7) is 7.75. The summed E-state index contributed by atoms with van der Waals surface area (Å²) in [5.41, 5.74) is 0. The Balaban J connectivity index is 4.29. The molecule has 0 heterocycles. The van der Waals surface area contributed by atoms with Gasteiger partial charge in [0, 0.05) is 17.9 Å². The molecular formula is C11H20O2. The zero-order valence-electron chi connectivity index (χ0n) is 9.00. The Morgan fingerprint density at radius 2 is 1.69 bits per heavy atom. The number of aliphatic hydroxyl groups excluding tert-OH is 1. The molecule has 2 unspecified atom stereocenters. The van der Waals surface area contributed by atoms with Gasteiger partial charge >= 0.3 is 0 Å². The quantitative estimate of drug-likeness (QED) is 0.526. The number of aliphatic hydroxyl groups is 1. The number of hydrogen-bond donors (Lipinski definition) is 1. The van der Waals surface area contributed by atoms with Gasteiger partial charge in [-0.05, 0) is 12.8 Å². The molecule has 0 aliphatic carbocycles. The number of ketones is 1. The fourth-order valence-corrected chi connectivity index (χ4v) is 0.841. The van der Waals surface area contributed by atoms with Crippen LogP contribution in [-0.2, 0) is 4.79 Å². The molecular weight excluding hydrogens is 164 g/mol. The Kier molecular flexibility index (Phi) is 5.44. The molecule has 0 rings (SSSR count). The molecule has 0 radical (unpaired) electrons. The first kappa shape index (κ1) is 12.2. The zero-order valence-corrected chi connectivity index (χ0v) is 9.00. The Bertz CT molecular complexity index is 194. The average Bonchev–Trinajstić information content (AvgIpc) is 2.14. The average molecular weight is 184 g/mol. The predicted octanol–water partition coefficient (Wildman–Crippen LogP) is 3.09. The molecule has 0 saturated carbocycles. The van der Waals surface area contributed by atoms with Crippen molar-refractivity contribution in [1.29, 1.82) is 0 Å². The van der Waals surface area contributed by atoms with Crippen molar-refractivity contribution in [2.24, 2.45) is 11.8 Å². The van der Waals surface area contributed by atoms with Crippen LogP contribution in [0.5, 0.6) is 0 Å². The van der Waals surface area contributed by atoms with Gasteiger partial charge in [0.1, 0.15) is 0 Å². The third-order valence-electron chi connectivity index (χ3n) is 2.51. The van der Waals surface area contributed by atoms with E-state index in [9.17, 15) is 9.90 Å². The van der Waals surface area contributed by atoms with E-state index < -0.39 is 0 Å².